The van der Waals surface area contributed by atoms with E-state index in [2.05, 4.69) is 16.4 Å². The van der Waals surface area contributed by atoms with Crippen LogP contribution in [0.4, 0.5) is 5.82 Å². The number of hydrogen-bond acceptors (Lipinski definition) is 5. The fourth-order valence-electron chi connectivity index (χ4n) is 2.56. The van der Waals surface area contributed by atoms with E-state index in [-0.39, 0.29) is 11.7 Å². The molecule has 1 aromatic heterocycles. The number of nitrogens with two attached hydrogens (primary N) is 1. The minimum absolute atomic E-state index is 0.0218. The van der Waals surface area contributed by atoms with Crippen LogP contribution in [0.3, 0.4) is 0 Å². The van der Waals surface area contributed by atoms with Crippen molar-refractivity contribution in [2.75, 3.05) is 11.1 Å². The zero-order valence-electron chi connectivity index (χ0n) is 14.8. The van der Waals surface area contributed by atoms with Crippen LogP contribution in [0.1, 0.15) is 15.9 Å². The fraction of sp³-hybridized carbons (Fsp3) is 0.0476. The first-order chi connectivity index (χ1) is 13.6. The van der Waals surface area contributed by atoms with Gasteiger partial charge in [0, 0.05) is 11.1 Å². The van der Waals surface area contributed by atoms with E-state index in [0.29, 0.717) is 27.5 Å². The molecule has 28 heavy (non-hydrogen) atoms. The number of thioether (sulfide) groups is 1. The van der Waals surface area contributed by atoms with E-state index in [1.54, 1.807) is 30.3 Å². The number of nitrogens with one attached hydrogen (secondary N) is 1. The van der Waals surface area contributed by atoms with Gasteiger partial charge in [-0.3, -0.25) is 9.59 Å². The number of carbonyl (C=O) groups excluding carboxylic acids is 2. The molecule has 3 N–H and O–H groups in total. The molecule has 0 aliphatic heterocycles. The van der Waals surface area contributed by atoms with Crippen LogP contribution >= 0.6 is 11.8 Å². The lowest BCUT2D eigenvalue weighted by atomic mass is 10.0. The first-order valence-electron chi connectivity index (χ1n) is 8.36. The summed E-state index contributed by atoms with van der Waals surface area (Å²) in [6.07, 6.45) is 0. The summed E-state index contributed by atoms with van der Waals surface area (Å²) in [6, 6.07) is 21.9. The standard InChI is InChI=1S/C21H16N4O2S/c22-12-17-16(14-7-3-1-4-8-14)11-19(25-21(17)28-13-18(23)26)24-20(27)15-9-5-2-6-10-15/h1-11H,13H2,(H2,23,26)(H,24,25,27). The van der Waals surface area contributed by atoms with Crippen molar-refractivity contribution in [3.63, 3.8) is 0 Å². The van der Waals surface area contributed by atoms with Crippen LogP contribution in [-0.2, 0) is 4.79 Å². The second kappa shape index (κ2) is 8.84. The molecule has 0 saturated heterocycles. The Labute approximate surface area is 166 Å². The lowest BCUT2D eigenvalue weighted by Crippen LogP contribution is -2.15. The number of anilines is 1. The Morgan fingerprint density at radius 1 is 1.07 bits per heavy atom. The first kappa shape index (κ1) is 19.1. The minimum atomic E-state index is -0.518. The molecule has 138 valence electrons. The van der Waals surface area contributed by atoms with Crippen molar-refractivity contribution < 1.29 is 9.59 Å². The van der Waals surface area contributed by atoms with E-state index < -0.39 is 5.91 Å². The number of primary amides is 1. The maximum Gasteiger partial charge on any atom is 0.256 e. The third-order valence-corrected chi connectivity index (χ3v) is 4.81. The molecule has 0 fully saturated rings. The third kappa shape index (κ3) is 4.55. The molecule has 1 heterocycles. The Bertz CT molecular complexity index is 1050. The summed E-state index contributed by atoms with van der Waals surface area (Å²) < 4.78 is 0. The monoisotopic (exact) mass is 388 g/mol. The van der Waals surface area contributed by atoms with Crippen LogP contribution < -0.4 is 11.1 Å². The average Bonchev–Trinajstić information content (AvgIpc) is 2.73. The normalized spacial score (nSPS) is 10.1. The highest BCUT2D eigenvalue weighted by Gasteiger charge is 2.17. The fourth-order valence-corrected chi connectivity index (χ4v) is 3.30. The molecular weight excluding hydrogens is 372 g/mol. The lowest BCUT2D eigenvalue weighted by molar-refractivity contribution is -0.115. The molecule has 0 bridgehead atoms. The van der Waals surface area contributed by atoms with E-state index in [4.69, 9.17) is 5.73 Å². The zero-order chi connectivity index (χ0) is 19.9. The molecule has 2 aromatic carbocycles. The van der Waals surface area contributed by atoms with Crippen molar-refractivity contribution in [2.45, 2.75) is 5.03 Å². The van der Waals surface area contributed by atoms with Gasteiger partial charge < -0.3 is 11.1 Å². The number of hydrogen-bond donors (Lipinski definition) is 2. The number of carbonyl (C=O) groups is 2. The molecule has 3 rings (SSSR count). The van der Waals surface area contributed by atoms with Crippen molar-refractivity contribution in [2.24, 2.45) is 5.73 Å². The van der Waals surface area contributed by atoms with Gasteiger partial charge in [-0.1, -0.05) is 60.3 Å². The average molecular weight is 388 g/mol. The highest BCUT2D eigenvalue weighted by Crippen LogP contribution is 2.32. The molecule has 0 unspecified atom stereocenters. The minimum Gasteiger partial charge on any atom is -0.369 e. The van der Waals surface area contributed by atoms with Crippen molar-refractivity contribution in [3.05, 3.63) is 77.9 Å². The van der Waals surface area contributed by atoms with Crippen molar-refractivity contribution >= 4 is 29.4 Å². The summed E-state index contributed by atoms with van der Waals surface area (Å²) in [6.45, 7) is 0. The molecule has 0 saturated carbocycles. The Balaban J connectivity index is 2.04. The Hall–Kier alpha value is -3.63. The van der Waals surface area contributed by atoms with E-state index in [1.165, 1.54) is 0 Å². The maximum absolute atomic E-state index is 12.5. The molecule has 2 amide bonds. The predicted octanol–water partition coefficient (Wildman–Crippen LogP) is 3.45. The van der Waals surface area contributed by atoms with Crippen LogP contribution in [0, 0.1) is 11.3 Å². The van der Waals surface area contributed by atoms with Crippen molar-refractivity contribution in [1.82, 2.24) is 4.98 Å². The number of aromatic nitrogens is 1. The largest absolute Gasteiger partial charge is 0.369 e. The molecule has 0 atom stereocenters. The zero-order valence-corrected chi connectivity index (χ0v) is 15.6. The molecule has 0 aliphatic rings. The third-order valence-electron chi connectivity index (χ3n) is 3.81. The maximum atomic E-state index is 12.5. The van der Waals surface area contributed by atoms with Crippen LogP contribution in [0.2, 0.25) is 0 Å². The van der Waals surface area contributed by atoms with Gasteiger partial charge in [-0.05, 0) is 23.8 Å². The summed E-state index contributed by atoms with van der Waals surface area (Å²) in [4.78, 5) is 28.1. The van der Waals surface area contributed by atoms with E-state index in [0.717, 1.165) is 17.3 Å². The van der Waals surface area contributed by atoms with Crippen molar-refractivity contribution in [3.8, 4) is 17.2 Å². The summed E-state index contributed by atoms with van der Waals surface area (Å²) in [5, 5.41) is 12.8. The van der Waals surface area contributed by atoms with E-state index in [1.807, 2.05) is 36.4 Å². The lowest BCUT2D eigenvalue weighted by Gasteiger charge is -2.12. The molecule has 3 aromatic rings. The van der Waals surface area contributed by atoms with Gasteiger partial charge in [0.25, 0.3) is 5.91 Å². The first-order valence-corrected chi connectivity index (χ1v) is 9.35. The van der Waals surface area contributed by atoms with Gasteiger partial charge >= 0.3 is 0 Å². The topological polar surface area (TPSA) is 109 Å². The summed E-state index contributed by atoms with van der Waals surface area (Å²) in [5.74, 6) is -0.566. The van der Waals surface area contributed by atoms with Gasteiger partial charge in [0.15, 0.2) is 0 Å². The number of benzene rings is 2. The highest BCUT2D eigenvalue weighted by molar-refractivity contribution is 8.00. The van der Waals surface area contributed by atoms with E-state index >= 15 is 0 Å². The van der Waals surface area contributed by atoms with Gasteiger partial charge in [0.1, 0.15) is 16.9 Å². The summed E-state index contributed by atoms with van der Waals surface area (Å²) in [7, 11) is 0. The second-order valence-corrected chi connectivity index (χ2v) is 6.75. The molecule has 7 heteroatoms. The predicted molar refractivity (Wildman–Crippen MR) is 109 cm³/mol. The smallest absolute Gasteiger partial charge is 0.256 e. The molecule has 0 spiro atoms. The summed E-state index contributed by atoms with van der Waals surface area (Å²) >= 11 is 1.07. The van der Waals surface area contributed by atoms with Gasteiger partial charge in [0.2, 0.25) is 5.91 Å². The molecule has 0 aliphatic carbocycles. The van der Waals surface area contributed by atoms with E-state index in [9.17, 15) is 14.9 Å². The van der Waals surface area contributed by atoms with Crippen LogP contribution in [0.25, 0.3) is 11.1 Å². The molecule has 6 nitrogen and oxygen atoms in total. The summed E-state index contributed by atoms with van der Waals surface area (Å²) in [5.41, 5.74) is 7.47. The van der Waals surface area contributed by atoms with Crippen LogP contribution in [-0.4, -0.2) is 22.6 Å². The quantitative estimate of drug-likeness (QED) is 0.629. The molecule has 0 radical (unpaired) electrons. The van der Waals surface area contributed by atoms with Crippen LogP contribution in [0.15, 0.2) is 71.8 Å². The number of pyridine rings is 1. The second-order valence-electron chi connectivity index (χ2n) is 5.79. The number of nitrogens with zero attached hydrogens (tertiary/aromatic N) is 2. The highest BCUT2D eigenvalue weighted by atomic mass is 32.2. The molecular formula is C21H16N4O2S. The Kier molecular flexibility index (Phi) is 6.04. The van der Waals surface area contributed by atoms with Gasteiger partial charge in [-0.25, -0.2) is 4.98 Å². The number of amides is 2. The Morgan fingerprint density at radius 2 is 1.71 bits per heavy atom. The Morgan fingerprint density at radius 3 is 2.32 bits per heavy atom. The van der Waals surface area contributed by atoms with Gasteiger partial charge in [-0.15, -0.1) is 0 Å². The number of nitriles is 1. The SMILES string of the molecule is N#Cc1c(-c2ccccc2)cc(NC(=O)c2ccccc2)nc1SCC(N)=O. The van der Waals surface area contributed by atoms with Crippen molar-refractivity contribution in [1.29, 1.82) is 5.26 Å². The van der Waals surface area contributed by atoms with Gasteiger partial charge in [-0.2, -0.15) is 5.26 Å². The number of rotatable bonds is 6. The van der Waals surface area contributed by atoms with Gasteiger partial charge in [0.05, 0.1) is 11.3 Å². The van der Waals surface area contributed by atoms with Crippen LogP contribution in [0.5, 0.6) is 0 Å².